The standard InChI is InChI=1S/C16H12BrF3O4S7/c1-9-13(15(21)22-10-6-4-3-5-7-10)12(24-31(25,26)30-29-28-27-2)8-11(17)14(9)23-16(18,19)20/h3-8H,1-2H3. The first kappa shape index (κ1) is 27.2. The molecule has 4 nitrogen and oxygen atoms in total. The molecule has 0 heterocycles. The van der Waals surface area contributed by atoms with Crippen LogP contribution in [0.25, 0.3) is 0 Å². The van der Waals surface area contributed by atoms with Crippen LogP contribution in [0.3, 0.4) is 0 Å². The lowest BCUT2D eigenvalue weighted by molar-refractivity contribution is -0.275. The van der Waals surface area contributed by atoms with Crippen molar-refractivity contribution < 1.29 is 31.6 Å². The first-order valence-corrected chi connectivity index (χ1v) is 17.7. The topological polar surface area (TPSA) is 44.8 Å². The van der Waals surface area contributed by atoms with Gasteiger partial charge in [0.1, 0.15) is 23.5 Å². The van der Waals surface area contributed by atoms with Crippen molar-refractivity contribution in [1.82, 2.24) is 0 Å². The molecule has 2 aromatic carbocycles. The van der Waals surface area contributed by atoms with E-state index in [1.807, 2.05) is 6.26 Å². The molecule has 0 unspecified atom stereocenters. The molecular weight excluding hydrogens is 618 g/mol. The number of rotatable bonds is 9. The number of hydrogen-bond acceptors (Lipinski definition) is 10. The van der Waals surface area contributed by atoms with E-state index >= 15 is 0 Å². The Labute approximate surface area is 209 Å². The molecule has 0 aliphatic heterocycles. The lowest BCUT2D eigenvalue weighted by Crippen LogP contribution is -2.20. The Kier molecular flexibility index (Phi) is 10.4. The van der Waals surface area contributed by atoms with E-state index in [4.69, 9.17) is 31.3 Å². The zero-order valence-electron chi connectivity index (χ0n) is 15.5. The minimum atomic E-state index is -4.97. The van der Waals surface area contributed by atoms with E-state index in [1.54, 1.807) is 18.2 Å². The molecule has 2 aromatic rings. The van der Waals surface area contributed by atoms with Crippen LogP contribution in [-0.4, -0.2) is 18.6 Å². The minimum absolute atomic E-state index is 0.0788. The molecule has 0 fully saturated rings. The summed E-state index contributed by atoms with van der Waals surface area (Å²) in [6, 6.07) is 9.24. The number of halogens is 4. The summed E-state index contributed by atoms with van der Waals surface area (Å²) in [6.45, 7) is -1.31. The van der Waals surface area contributed by atoms with Crippen molar-refractivity contribution in [3.8, 4) is 17.2 Å². The predicted octanol–water partition coefficient (Wildman–Crippen LogP) is 7.47. The normalized spacial score (nSPS) is 11.8. The molecule has 0 bridgehead atoms. The van der Waals surface area contributed by atoms with Gasteiger partial charge in [-0.3, -0.25) is 0 Å². The molecule has 0 aliphatic carbocycles. The molecule has 0 amide bonds. The first-order chi connectivity index (χ1) is 14.4. The van der Waals surface area contributed by atoms with E-state index in [0.717, 1.165) is 9.83 Å². The number of carbonyl (C=O) groups excluding carboxylic acids is 1. The molecular formula is C16H12BrF3O4S7. The third-order valence-electron chi connectivity index (χ3n) is 3.21. The van der Waals surface area contributed by atoms with Crippen molar-refractivity contribution in [2.75, 3.05) is 6.26 Å². The summed E-state index contributed by atoms with van der Waals surface area (Å²) in [5.41, 5.74) is -0.403. The van der Waals surface area contributed by atoms with Crippen molar-refractivity contribution in [3.63, 3.8) is 0 Å². The molecule has 0 aromatic heterocycles. The van der Waals surface area contributed by atoms with Gasteiger partial charge in [-0.25, -0.2) is 4.79 Å². The van der Waals surface area contributed by atoms with Gasteiger partial charge in [0.2, 0.25) is 0 Å². The van der Waals surface area contributed by atoms with Crippen molar-refractivity contribution in [1.29, 1.82) is 0 Å². The van der Waals surface area contributed by atoms with Gasteiger partial charge in [0.25, 0.3) is 0 Å². The number of ether oxygens (including phenoxy) is 2. The van der Waals surface area contributed by atoms with Crippen LogP contribution in [0.2, 0.25) is 0 Å². The van der Waals surface area contributed by atoms with Crippen molar-refractivity contribution in [2.24, 2.45) is 0 Å². The maximum Gasteiger partial charge on any atom is 0.573 e. The van der Waals surface area contributed by atoms with Crippen LogP contribution in [0.15, 0.2) is 40.9 Å². The molecule has 0 atom stereocenters. The van der Waals surface area contributed by atoms with E-state index in [9.17, 15) is 18.0 Å². The highest BCUT2D eigenvalue weighted by molar-refractivity contribution is 9.38. The fraction of sp³-hybridized carbons (Fsp3) is 0.188. The Bertz CT molecular complexity index is 1030. The molecule has 0 spiro atoms. The quantitative estimate of drug-likeness (QED) is 0.121. The van der Waals surface area contributed by atoms with Crippen LogP contribution in [-0.2, 0) is 28.8 Å². The molecule has 0 saturated carbocycles. The van der Waals surface area contributed by atoms with Crippen LogP contribution in [0.4, 0.5) is 13.2 Å². The average molecular weight is 630 g/mol. The van der Waals surface area contributed by atoms with Gasteiger partial charge in [0.05, 0.1) is 4.47 Å². The van der Waals surface area contributed by atoms with E-state index in [1.165, 1.54) is 55.6 Å². The maximum atomic E-state index is 12.9. The summed E-state index contributed by atoms with van der Waals surface area (Å²) in [6.07, 6.45) is -3.09. The zero-order valence-corrected chi connectivity index (χ0v) is 22.8. The largest absolute Gasteiger partial charge is 0.573 e. The van der Waals surface area contributed by atoms with Gasteiger partial charge in [-0.1, -0.05) is 29.0 Å². The molecule has 0 N–H and O–H groups in total. The number of benzene rings is 2. The molecule has 0 aliphatic rings. The van der Waals surface area contributed by atoms with Gasteiger partial charge >= 0.3 is 12.3 Å². The second kappa shape index (κ2) is 11.9. The van der Waals surface area contributed by atoms with Crippen LogP contribution in [0.5, 0.6) is 17.2 Å². The van der Waals surface area contributed by atoms with Crippen LogP contribution in [0, 0.1) is 6.92 Å². The Morgan fingerprint density at radius 2 is 1.81 bits per heavy atom. The minimum Gasteiger partial charge on any atom is -0.423 e. The second-order valence-corrected chi connectivity index (χ2v) is 19.9. The number of alkyl halides is 3. The highest BCUT2D eigenvalue weighted by atomic mass is 79.9. The fourth-order valence-corrected chi connectivity index (χ4v) is 15.5. The van der Waals surface area contributed by atoms with Gasteiger partial charge in [0.15, 0.2) is 5.75 Å². The van der Waals surface area contributed by atoms with Gasteiger partial charge in [-0.05, 0) is 51.1 Å². The van der Waals surface area contributed by atoms with Crippen LogP contribution in [0.1, 0.15) is 15.9 Å². The second-order valence-electron chi connectivity index (χ2n) is 5.30. The molecule has 170 valence electrons. The lowest BCUT2D eigenvalue weighted by Gasteiger charge is -2.20. The van der Waals surface area contributed by atoms with Gasteiger partial charge < -0.3 is 13.7 Å². The Morgan fingerprint density at radius 1 is 1.16 bits per heavy atom. The van der Waals surface area contributed by atoms with Crippen molar-refractivity contribution in [2.45, 2.75) is 13.3 Å². The predicted molar refractivity (Wildman–Crippen MR) is 136 cm³/mol. The fourth-order valence-electron chi connectivity index (χ4n) is 2.13. The average Bonchev–Trinajstić information content (AvgIpc) is 2.65. The molecule has 0 radical (unpaired) electrons. The Balaban J connectivity index is 2.51. The number of esters is 1. The third kappa shape index (κ3) is 8.68. The summed E-state index contributed by atoms with van der Waals surface area (Å²) in [4.78, 5) is 12.9. The monoisotopic (exact) mass is 628 g/mol. The van der Waals surface area contributed by atoms with Crippen molar-refractivity contribution in [3.05, 3.63) is 52.0 Å². The van der Waals surface area contributed by atoms with Crippen molar-refractivity contribution >= 4 is 91.0 Å². The number of para-hydroxylation sites is 1. The van der Waals surface area contributed by atoms with Gasteiger partial charge in [-0.15, -0.1) is 13.2 Å². The highest BCUT2D eigenvalue weighted by Gasteiger charge is 2.35. The van der Waals surface area contributed by atoms with Crippen LogP contribution >= 0.6 is 56.2 Å². The summed E-state index contributed by atoms with van der Waals surface area (Å²) >= 11 is 13.7. The first-order valence-electron chi connectivity index (χ1n) is 7.79. The smallest absolute Gasteiger partial charge is 0.423 e. The van der Waals surface area contributed by atoms with E-state index < -0.39 is 24.5 Å². The van der Waals surface area contributed by atoms with E-state index in [-0.39, 0.29) is 27.1 Å². The third-order valence-corrected chi connectivity index (χ3v) is 16.2. The summed E-state index contributed by atoms with van der Waals surface area (Å²) in [5, 5.41) is 0. The number of hydrogen-bond donors (Lipinski definition) is 0. The Morgan fingerprint density at radius 3 is 2.39 bits per heavy atom. The SMILES string of the molecule is CSSSSS(=S)(=S)Oc1cc(Br)c(OC(F)(F)F)c(C)c1C(=O)Oc1ccccc1. The molecule has 31 heavy (non-hydrogen) atoms. The van der Waals surface area contributed by atoms with Crippen LogP contribution < -0.4 is 13.7 Å². The molecule has 2 rings (SSSR count). The van der Waals surface area contributed by atoms with E-state index in [2.05, 4.69) is 20.7 Å². The lowest BCUT2D eigenvalue weighted by atomic mass is 10.1. The summed E-state index contributed by atoms with van der Waals surface area (Å²) in [5.74, 6) is -1.42. The maximum absolute atomic E-state index is 12.9. The van der Waals surface area contributed by atoms with E-state index in [0.29, 0.717) is 0 Å². The highest BCUT2D eigenvalue weighted by Crippen LogP contribution is 2.47. The zero-order chi connectivity index (χ0) is 23.2. The summed E-state index contributed by atoms with van der Waals surface area (Å²) in [7, 11) is 5.35. The van der Waals surface area contributed by atoms with Gasteiger partial charge in [0, 0.05) is 53.7 Å². The molecule has 0 saturated heterocycles. The molecule has 15 heteroatoms. The number of carbonyl (C=O) groups is 1. The Hall–Kier alpha value is -0.0300. The van der Waals surface area contributed by atoms with Gasteiger partial charge in [-0.2, -0.15) is 0 Å². The summed E-state index contributed by atoms with van der Waals surface area (Å²) < 4.78 is 53.8.